The van der Waals surface area contributed by atoms with E-state index in [4.69, 9.17) is 14.2 Å². The first-order chi connectivity index (χ1) is 17.6. The molecule has 1 N–H and O–H groups in total. The van der Waals surface area contributed by atoms with Gasteiger partial charge in [-0.25, -0.2) is 4.79 Å². The van der Waals surface area contributed by atoms with E-state index < -0.39 is 17.8 Å². The van der Waals surface area contributed by atoms with Crippen LogP contribution in [0.3, 0.4) is 0 Å². The molecule has 0 aromatic heterocycles. The highest BCUT2D eigenvalue weighted by molar-refractivity contribution is 6.00. The number of esters is 1. The van der Waals surface area contributed by atoms with Gasteiger partial charge in [0.05, 0.1) is 19.6 Å². The number of hydrogen-bond acceptors (Lipinski definition) is 5. The summed E-state index contributed by atoms with van der Waals surface area (Å²) in [6.07, 6.45) is 0. The summed E-state index contributed by atoms with van der Waals surface area (Å²) in [5, 5.41) is 4.81. The van der Waals surface area contributed by atoms with Crippen molar-refractivity contribution in [3.05, 3.63) is 119 Å². The minimum atomic E-state index is -0.550. The molecule has 5 rings (SSSR count). The van der Waals surface area contributed by atoms with Crippen LogP contribution in [0.25, 0.3) is 10.8 Å². The van der Waals surface area contributed by atoms with Crippen LogP contribution in [0.2, 0.25) is 0 Å². The van der Waals surface area contributed by atoms with Crippen molar-refractivity contribution in [3.63, 3.8) is 0 Å². The number of hydrogen-bond donors (Lipinski definition) is 1. The first kappa shape index (κ1) is 23.2. The summed E-state index contributed by atoms with van der Waals surface area (Å²) in [6.45, 7) is 1.93. The summed E-state index contributed by atoms with van der Waals surface area (Å²) >= 11 is 0. The smallest absolute Gasteiger partial charge is 0.340 e. The summed E-state index contributed by atoms with van der Waals surface area (Å²) in [5.41, 5.74) is 2.34. The van der Waals surface area contributed by atoms with Crippen molar-refractivity contribution in [2.24, 2.45) is 0 Å². The Hall–Kier alpha value is -4.58. The normalized spacial score (nSPS) is 14.6. The number of carbonyl (C=O) groups is 2. The molecule has 0 saturated carbocycles. The molecule has 36 heavy (non-hydrogen) atoms. The van der Waals surface area contributed by atoms with Crippen LogP contribution in [0.4, 0.5) is 0 Å². The van der Waals surface area contributed by atoms with E-state index in [1.54, 1.807) is 31.2 Å². The molecule has 0 spiro atoms. The summed E-state index contributed by atoms with van der Waals surface area (Å²) in [5.74, 6) is -0.325. The van der Waals surface area contributed by atoms with Crippen molar-refractivity contribution >= 4 is 22.6 Å². The predicted octanol–water partition coefficient (Wildman–Crippen LogP) is 5.58. The first-order valence-electron chi connectivity index (χ1n) is 11.7. The number of rotatable bonds is 6. The van der Waals surface area contributed by atoms with Crippen LogP contribution in [0.5, 0.6) is 11.5 Å². The maximum atomic E-state index is 13.4. The SMILES string of the molecule is CCOC(=O)C1=C(NC(=O)c2cccc(OC)c2)Oc2ccc3ccccc3c2C1c1ccccc1. The number of carbonyl (C=O) groups excluding carboxylic acids is 2. The molecular weight excluding hydrogens is 454 g/mol. The van der Waals surface area contributed by atoms with E-state index in [1.165, 1.54) is 7.11 Å². The highest BCUT2D eigenvalue weighted by Crippen LogP contribution is 2.46. The molecule has 0 saturated heterocycles. The molecule has 1 aliphatic rings. The lowest BCUT2D eigenvalue weighted by Crippen LogP contribution is -2.34. The summed E-state index contributed by atoms with van der Waals surface area (Å²) in [4.78, 5) is 26.7. The number of methoxy groups -OCH3 is 1. The Balaban J connectivity index is 1.70. The van der Waals surface area contributed by atoms with Gasteiger partial charge in [0.1, 0.15) is 17.1 Å². The van der Waals surface area contributed by atoms with Crippen LogP contribution in [0.15, 0.2) is 102 Å². The Morgan fingerprint density at radius 3 is 2.47 bits per heavy atom. The molecule has 6 nitrogen and oxygen atoms in total. The molecule has 1 atom stereocenters. The van der Waals surface area contributed by atoms with Crippen LogP contribution in [-0.2, 0) is 9.53 Å². The molecule has 1 aliphatic heterocycles. The van der Waals surface area contributed by atoms with Gasteiger partial charge in [0.25, 0.3) is 5.91 Å². The molecule has 180 valence electrons. The predicted molar refractivity (Wildman–Crippen MR) is 137 cm³/mol. The maximum absolute atomic E-state index is 13.4. The van der Waals surface area contributed by atoms with Gasteiger partial charge in [-0.2, -0.15) is 0 Å². The third kappa shape index (κ3) is 4.29. The van der Waals surface area contributed by atoms with Gasteiger partial charge in [-0.3, -0.25) is 10.1 Å². The van der Waals surface area contributed by atoms with Crippen LogP contribution in [-0.4, -0.2) is 25.6 Å². The van der Waals surface area contributed by atoms with Gasteiger partial charge in [0, 0.05) is 11.1 Å². The van der Waals surface area contributed by atoms with E-state index in [2.05, 4.69) is 5.32 Å². The van der Waals surface area contributed by atoms with Gasteiger partial charge < -0.3 is 14.2 Å². The molecule has 6 heteroatoms. The number of amides is 1. The first-order valence-corrected chi connectivity index (χ1v) is 11.7. The van der Waals surface area contributed by atoms with Crippen molar-refractivity contribution in [2.75, 3.05) is 13.7 Å². The zero-order valence-corrected chi connectivity index (χ0v) is 20.0. The minimum absolute atomic E-state index is 0.0536. The minimum Gasteiger partial charge on any atom is -0.497 e. The zero-order valence-electron chi connectivity index (χ0n) is 20.0. The standard InChI is InChI=1S/C30H25NO5/c1-3-35-30(33)27-25(20-11-5-4-6-12-20)26-23-15-8-7-10-19(23)16-17-24(26)36-29(27)31-28(32)21-13-9-14-22(18-21)34-2/h4-18,25H,3H2,1-2H3,(H,31,32). The fraction of sp³-hybridized carbons (Fsp3) is 0.133. The lowest BCUT2D eigenvalue weighted by atomic mass is 9.80. The Morgan fingerprint density at radius 1 is 0.917 bits per heavy atom. The fourth-order valence-electron chi connectivity index (χ4n) is 4.53. The number of ether oxygens (including phenoxy) is 3. The molecule has 0 aliphatic carbocycles. The third-order valence-corrected chi connectivity index (χ3v) is 6.15. The lowest BCUT2D eigenvalue weighted by Gasteiger charge is -2.31. The quantitative estimate of drug-likeness (QED) is 0.366. The molecule has 0 fully saturated rings. The zero-order chi connectivity index (χ0) is 25.1. The molecule has 1 amide bonds. The van der Waals surface area contributed by atoms with Crippen LogP contribution in [0.1, 0.15) is 34.3 Å². The Morgan fingerprint density at radius 2 is 1.69 bits per heavy atom. The topological polar surface area (TPSA) is 73.9 Å². The molecule has 4 aromatic rings. The Bertz CT molecular complexity index is 1480. The van der Waals surface area contributed by atoms with Gasteiger partial charge in [-0.15, -0.1) is 0 Å². The highest BCUT2D eigenvalue weighted by atomic mass is 16.5. The average Bonchev–Trinajstić information content (AvgIpc) is 2.92. The fourth-order valence-corrected chi connectivity index (χ4v) is 4.53. The largest absolute Gasteiger partial charge is 0.497 e. The number of nitrogens with one attached hydrogen (secondary N) is 1. The molecule has 0 radical (unpaired) electrons. The van der Waals surface area contributed by atoms with E-state index in [9.17, 15) is 9.59 Å². The van der Waals surface area contributed by atoms with Gasteiger partial charge in [0.2, 0.25) is 5.88 Å². The van der Waals surface area contributed by atoms with Gasteiger partial charge in [0.15, 0.2) is 0 Å². The van der Waals surface area contributed by atoms with E-state index in [0.29, 0.717) is 17.1 Å². The molecule has 1 unspecified atom stereocenters. The molecule has 1 heterocycles. The van der Waals surface area contributed by atoms with Gasteiger partial charge in [-0.05, 0) is 47.5 Å². The van der Waals surface area contributed by atoms with Gasteiger partial charge >= 0.3 is 5.97 Å². The number of benzene rings is 4. The van der Waals surface area contributed by atoms with Crippen molar-refractivity contribution in [1.82, 2.24) is 5.32 Å². The Kier molecular flexibility index (Phi) is 6.41. The second-order valence-electron chi connectivity index (χ2n) is 8.29. The third-order valence-electron chi connectivity index (χ3n) is 6.15. The Labute approximate surface area is 209 Å². The van der Waals surface area contributed by atoms with Crippen molar-refractivity contribution in [1.29, 1.82) is 0 Å². The summed E-state index contributed by atoms with van der Waals surface area (Å²) < 4.78 is 17.0. The molecule has 4 aromatic carbocycles. The van der Waals surface area contributed by atoms with Crippen LogP contribution < -0.4 is 14.8 Å². The highest BCUT2D eigenvalue weighted by Gasteiger charge is 2.38. The van der Waals surface area contributed by atoms with Crippen molar-refractivity contribution in [3.8, 4) is 11.5 Å². The van der Waals surface area contributed by atoms with Crippen molar-refractivity contribution < 1.29 is 23.8 Å². The van der Waals surface area contributed by atoms with E-state index >= 15 is 0 Å². The van der Waals surface area contributed by atoms with Gasteiger partial charge in [-0.1, -0.05) is 66.7 Å². The second-order valence-corrected chi connectivity index (χ2v) is 8.29. The second kappa shape index (κ2) is 9.96. The summed E-state index contributed by atoms with van der Waals surface area (Å²) in [6, 6.07) is 28.3. The lowest BCUT2D eigenvalue weighted by molar-refractivity contribution is -0.139. The van der Waals surface area contributed by atoms with Crippen LogP contribution in [0, 0.1) is 0 Å². The monoisotopic (exact) mass is 479 g/mol. The van der Waals surface area contributed by atoms with E-state index in [-0.39, 0.29) is 18.1 Å². The molecule has 0 bridgehead atoms. The van der Waals surface area contributed by atoms with E-state index in [0.717, 1.165) is 21.9 Å². The average molecular weight is 480 g/mol. The van der Waals surface area contributed by atoms with Crippen molar-refractivity contribution in [2.45, 2.75) is 12.8 Å². The number of fused-ring (bicyclic) bond motifs is 3. The molecular formula is C30H25NO5. The van der Waals surface area contributed by atoms with Crippen LogP contribution >= 0.6 is 0 Å². The maximum Gasteiger partial charge on any atom is 0.340 e. The summed E-state index contributed by atoms with van der Waals surface area (Å²) in [7, 11) is 1.54. The van der Waals surface area contributed by atoms with E-state index in [1.807, 2.05) is 66.7 Å².